The number of pyridine rings is 1. The topological polar surface area (TPSA) is 53.4 Å². The van der Waals surface area contributed by atoms with Crippen LogP contribution in [0.25, 0.3) is 10.9 Å². The second-order valence-corrected chi connectivity index (χ2v) is 6.58. The van der Waals surface area contributed by atoms with Gasteiger partial charge in [0.2, 0.25) is 0 Å². The van der Waals surface area contributed by atoms with E-state index in [-0.39, 0.29) is 17.5 Å². The molecule has 118 valence electrons. The Labute approximate surface area is 133 Å². The van der Waals surface area contributed by atoms with Crippen LogP contribution in [0.4, 0.5) is 9.18 Å². The highest BCUT2D eigenvalue weighted by molar-refractivity contribution is 6.30. The standard InChI is InChI=1S/C16H18ClFN2O2/c1-9-12(18)6-5-10-7-11(14(17)19-13(9)10)8-20(15(21)22)16(2,3)4/h5-7H,8H2,1-4H3,(H,21,22). The van der Waals surface area contributed by atoms with Crippen molar-refractivity contribution in [3.8, 4) is 0 Å². The van der Waals surface area contributed by atoms with Gasteiger partial charge in [0.05, 0.1) is 12.1 Å². The molecule has 22 heavy (non-hydrogen) atoms. The van der Waals surface area contributed by atoms with Gasteiger partial charge in [0.15, 0.2) is 0 Å². The molecule has 1 amide bonds. The second-order valence-electron chi connectivity index (χ2n) is 6.22. The lowest BCUT2D eigenvalue weighted by atomic mass is 10.0. The van der Waals surface area contributed by atoms with Gasteiger partial charge >= 0.3 is 6.09 Å². The van der Waals surface area contributed by atoms with Crippen molar-refractivity contribution in [1.29, 1.82) is 0 Å². The second kappa shape index (κ2) is 5.72. The molecule has 0 atom stereocenters. The van der Waals surface area contributed by atoms with E-state index in [1.165, 1.54) is 11.0 Å². The SMILES string of the molecule is Cc1c(F)ccc2cc(CN(C(=O)O)C(C)(C)C)c(Cl)nc12. The van der Waals surface area contributed by atoms with Crippen molar-refractivity contribution in [1.82, 2.24) is 9.88 Å². The van der Waals surface area contributed by atoms with Crippen LogP contribution in [0.2, 0.25) is 5.15 Å². The van der Waals surface area contributed by atoms with Crippen LogP contribution in [0.5, 0.6) is 0 Å². The Balaban J connectivity index is 2.50. The molecule has 1 heterocycles. The number of rotatable bonds is 2. The number of carboxylic acid groups (broad SMARTS) is 1. The van der Waals surface area contributed by atoms with Crippen molar-refractivity contribution in [2.24, 2.45) is 0 Å². The van der Waals surface area contributed by atoms with Crippen LogP contribution in [0.15, 0.2) is 18.2 Å². The van der Waals surface area contributed by atoms with Crippen molar-refractivity contribution in [2.45, 2.75) is 39.8 Å². The van der Waals surface area contributed by atoms with E-state index in [1.807, 2.05) is 20.8 Å². The van der Waals surface area contributed by atoms with Gasteiger partial charge in [-0.2, -0.15) is 0 Å². The minimum absolute atomic E-state index is 0.122. The molecule has 0 spiro atoms. The van der Waals surface area contributed by atoms with Gasteiger partial charge < -0.3 is 5.11 Å². The van der Waals surface area contributed by atoms with Gasteiger partial charge in [-0.1, -0.05) is 11.6 Å². The molecule has 0 aliphatic carbocycles. The molecule has 1 aromatic heterocycles. The zero-order chi connectivity index (χ0) is 16.7. The maximum absolute atomic E-state index is 13.6. The average molecular weight is 325 g/mol. The van der Waals surface area contributed by atoms with Crippen LogP contribution < -0.4 is 0 Å². The van der Waals surface area contributed by atoms with Crippen LogP contribution in [0, 0.1) is 12.7 Å². The largest absolute Gasteiger partial charge is 0.465 e. The fraction of sp³-hybridized carbons (Fsp3) is 0.375. The Kier molecular flexibility index (Phi) is 4.29. The average Bonchev–Trinajstić information content (AvgIpc) is 2.39. The van der Waals surface area contributed by atoms with E-state index < -0.39 is 11.6 Å². The molecule has 0 saturated carbocycles. The van der Waals surface area contributed by atoms with E-state index in [2.05, 4.69) is 4.98 Å². The first kappa shape index (κ1) is 16.5. The van der Waals surface area contributed by atoms with Gasteiger partial charge in [0, 0.05) is 22.1 Å². The molecule has 1 aromatic carbocycles. The lowest BCUT2D eigenvalue weighted by Gasteiger charge is -2.33. The Morgan fingerprint density at radius 2 is 2.05 bits per heavy atom. The number of halogens is 2. The van der Waals surface area contributed by atoms with E-state index in [0.29, 0.717) is 16.6 Å². The minimum Gasteiger partial charge on any atom is -0.465 e. The first-order valence-corrected chi connectivity index (χ1v) is 7.24. The Morgan fingerprint density at radius 3 is 2.59 bits per heavy atom. The predicted molar refractivity (Wildman–Crippen MR) is 84.8 cm³/mol. The molecule has 0 unspecified atom stereocenters. The number of nitrogens with zero attached hydrogens (tertiary/aromatic N) is 2. The van der Waals surface area contributed by atoms with Crippen molar-refractivity contribution < 1.29 is 14.3 Å². The number of aromatic nitrogens is 1. The molecule has 2 aromatic rings. The van der Waals surface area contributed by atoms with Gasteiger partial charge in [-0.25, -0.2) is 14.2 Å². The summed E-state index contributed by atoms with van der Waals surface area (Å²) in [6.45, 7) is 7.19. The molecule has 0 bridgehead atoms. The summed E-state index contributed by atoms with van der Waals surface area (Å²) in [5.41, 5.74) is 0.948. The summed E-state index contributed by atoms with van der Waals surface area (Å²) in [6, 6.07) is 4.75. The van der Waals surface area contributed by atoms with E-state index in [9.17, 15) is 14.3 Å². The molecule has 0 aliphatic rings. The zero-order valence-corrected chi connectivity index (χ0v) is 13.7. The van der Waals surface area contributed by atoms with Gasteiger partial charge in [0.25, 0.3) is 0 Å². The van der Waals surface area contributed by atoms with E-state index in [1.54, 1.807) is 19.1 Å². The third-order valence-electron chi connectivity index (χ3n) is 3.57. The Bertz CT molecular complexity index is 741. The van der Waals surface area contributed by atoms with Crippen LogP contribution in [0.1, 0.15) is 31.9 Å². The molecular formula is C16H18ClFN2O2. The third kappa shape index (κ3) is 3.14. The van der Waals surface area contributed by atoms with Gasteiger partial charge in [-0.3, -0.25) is 4.90 Å². The predicted octanol–water partition coefficient (Wildman–Crippen LogP) is 4.61. The van der Waals surface area contributed by atoms with Crippen molar-refractivity contribution in [3.63, 3.8) is 0 Å². The molecule has 0 radical (unpaired) electrons. The monoisotopic (exact) mass is 324 g/mol. The lowest BCUT2D eigenvalue weighted by Crippen LogP contribution is -2.44. The Hall–Kier alpha value is -1.88. The number of benzene rings is 1. The van der Waals surface area contributed by atoms with Crippen LogP contribution in [-0.2, 0) is 6.54 Å². The molecule has 6 heteroatoms. The van der Waals surface area contributed by atoms with Gasteiger partial charge in [-0.05, 0) is 45.9 Å². The lowest BCUT2D eigenvalue weighted by molar-refractivity contribution is 0.0955. The molecule has 0 aliphatic heterocycles. The molecule has 2 rings (SSSR count). The normalized spacial score (nSPS) is 11.7. The quantitative estimate of drug-likeness (QED) is 0.820. The summed E-state index contributed by atoms with van der Waals surface area (Å²) < 4.78 is 13.6. The molecular weight excluding hydrogens is 307 g/mol. The summed E-state index contributed by atoms with van der Waals surface area (Å²) >= 11 is 6.17. The van der Waals surface area contributed by atoms with E-state index in [0.717, 1.165) is 5.39 Å². The molecule has 1 N–H and O–H groups in total. The van der Waals surface area contributed by atoms with Gasteiger partial charge in [-0.15, -0.1) is 0 Å². The minimum atomic E-state index is -1.03. The van der Waals surface area contributed by atoms with E-state index in [4.69, 9.17) is 11.6 Å². The highest BCUT2D eigenvalue weighted by Gasteiger charge is 2.27. The number of fused-ring (bicyclic) bond motifs is 1. The van der Waals surface area contributed by atoms with Crippen molar-refractivity contribution in [3.05, 3.63) is 40.3 Å². The van der Waals surface area contributed by atoms with E-state index >= 15 is 0 Å². The molecule has 0 fully saturated rings. The fourth-order valence-electron chi connectivity index (χ4n) is 2.25. The molecule has 0 saturated heterocycles. The van der Waals surface area contributed by atoms with Crippen molar-refractivity contribution in [2.75, 3.05) is 0 Å². The summed E-state index contributed by atoms with van der Waals surface area (Å²) in [5, 5.41) is 10.3. The van der Waals surface area contributed by atoms with Crippen LogP contribution >= 0.6 is 11.6 Å². The number of aryl methyl sites for hydroxylation is 1. The summed E-state index contributed by atoms with van der Waals surface area (Å²) in [6.07, 6.45) is -1.03. The maximum atomic E-state index is 13.6. The molecule has 4 nitrogen and oxygen atoms in total. The smallest absolute Gasteiger partial charge is 0.408 e. The van der Waals surface area contributed by atoms with Gasteiger partial charge in [0.1, 0.15) is 11.0 Å². The number of hydrogen-bond acceptors (Lipinski definition) is 2. The fourth-order valence-corrected chi connectivity index (χ4v) is 2.45. The first-order valence-electron chi connectivity index (χ1n) is 6.86. The van der Waals surface area contributed by atoms with Crippen LogP contribution in [0.3, 0.4) is 0 Å². The highest BCUT2D eigenvalue weighted by Crippen LogP contribution is 2.27. The highest BCUT2D eigenvalue weighted by atomic mass is 35.5. The van der Waals surface area contributed by atoms with Crippen molar-refractivity contribution >= 4 is 28.6 Å². The summed E-state index contributed by atoms with van der Waals surface area (Å²) in [5.74, 6) is -0.342. The van der Waals surface area contributed by atoms with Crippen LogP contribution in [-0.4, -0.2) is 26.6 Å². The number of hydrogen-bond donors (Lipinski definition) is 1. The maximum Gasteiger partial charge on any atom is 0.408 e. The Morgan fingerprint density at radius 1 is 1.41 bits per heavy atom. The number of carbonyl (C=O) groups is 1. The summed E-state index contributed by atoms with van der Waals surface area (Å²) in [7, 11) is 0. The summed E-state index contributed by atoms with van der Waals surface area (Å²) in [4.78, 5) is 17.0. The first-order chi connectivity index (χ1) is 10.1. The zero-order valence-electron chi connectivity index (χ0n) is 12.9. The number of amides is 1. The third-order valence-corrected chi connectivity index (χ3v) is 3.90.